The molecule has 1 saturated heterocycles. The second-order valence-electron chi connectivity index (χ2n) is 5.89. The Morgan fingerprint density at radius 1 is 1.24 bits per heavy atom. The molecule has 1 aliphatic rings. The summed E-state index contributed by atoms with van der Waals surface area (Å²) in [7, 11) is 0. The first-order valence-corrected chi connectivity index (χ1v) is 10.1. The zero-order valence-electron chi connectivity index (χ0n) is 14.4. The fourth-order valence-electron chi connectivity index (χ4n) is 2.63. The molecule has 3 rings (SSSR count). The van der Waals surface area contributed by atoms with Crippen molar-refractivity contribution in [3.63, 3.8) is 0 Å². The van der Waals surface area contributed by atoms with Gasteiger partial charge in [0.25, 0.3) is 0 Å². The van der Waals surface area contributed by atoms with Gasteiger partial charge in [0.15, 0.2) is 5.17 Å². The van der Waals surface area contributed by atoms with Crippen LogP contribution in [0.4, 0.5) is 0 Å². The maximum Gasteiger partial charge on any atom is 0.242 e. The van der Waals surface area contributed by atoms with Crippen molar-refractivity contribution >= 4 is 40.4 Å². The summed E-state index contributed by atoms with van der Waals surface area (Å²) in [5, 5.41) is 11.2. The topological polar surface area (TPSA) is 45.0 Å². The number of thioether (sulfide) groups is 1. The van der Waals surface area contributed by atoms with E-state index in [9.17, 15) is 4.79 Å². The van der Waals surface area contributed by atoms with Gasteiger partial charge in [-0.2, -0.15) is 5.10 Å². The number of aryl methyl sites for hydroxylation is 1. The first-order chi connectivity index (χ1) is 12.2. The lowest BCUT2D eigenvalue weighted by molar-refractivity contribution is -0.126. The van der Waals surface area contributed by atoms with E-state index < -0.39 is 0 Å². The average molecular weight is 372 g/mol. The first kappa shape index (κ1) is 17.9. The Labute approximate surface area is 156 Å². The number of carbonyl (C=O) groups excluding carboxylic acids is 1. The molecule has 1 atom stereocenters. The van der Waals surface area contributed by atoms with Crippen LogP contribution in [-0.4, -0.2) is 27.4 Å². The van der Waals surface area contributed by atoms with Crippen LogP contribution in [-0.2, 0) is 11.3 Å². The maximum absolute atomic E-state index is 12.8. The molecule has 1 amide bonds. The Morgan fingerprint density at radius 2 is 2.08 bits per heavy atom. The van der Waals surface area contributed by atoms with Crippen molar-refractivity contribution in [2.75, 3.05) is 0 Å². The number of hydrogen-bond acceptors (Lipinski definition) is 5. The zero-order valence-corrected chi connectivity index (χ0v) is 16.0. The second kappa shape index (κ2) is 8.45. The smallest absolute Gasteiger partial charge is 0.242 e. The van der Waals surface area contributed by atoms with Gasteiger partial charge < -0.3 is 0 Å². The van der Waals surface area contributed by atoms with Crippen molar-refractivity contribution in [1.82, 2.24) is 4.90 Å². The van der Waals surface area contributed by atoms with Gasteiger partial charge in [0.05, 0.1) is 18.0 Å². The predicted molar refractivity (Wildman–Crippen MR) is 107 cm³/mol. The quantitative estimate of drug-likeness (QED) is 0.546. The van der Waals surface area contributed by atoms with E-state index in [1.807, 2.05) is 29.6 Å². The lowest BCUT2D eigenvalue weighted by Gasteiger charge is -2.17. The van der Waals surface area contributed by atoms with Gasteiger partial charge in [0.1, 0.15) is 0 Å². The van der Waals surface area contributed by atoms with Crippen LogP contribution in [0.25, 0.3) is 0 Å². The van der Waals surface area contributed by atoms with E-state index >= 15 is 0 Å². The molecule has 0 aliphatic carbocycles. The van der Waals surface area contributed by atoms with Crippen LogP contribution in [0.15, 0.2) is 52.0 Å². The van der Waals surface area contributed by atoms with Crippen LogP contribution in [0.2, 0.25) is 0 Å². The number of carbonyl (C=O) groups is 1. The molecule has 0 radical (unpaired) electrons. The molecule has 1 aliphatic heterocycles. The molecule has 0 N–H and O–H groups in total. The summed E-state index contributed by atoms with van der Waals surface area (Å²) >= 11 is 3.14. The molecule has 0 bridgehead atoms. The minimum atomic E-state index is -0.0512. The third-order valence-electron chi connectivity index (χ3n) is 4.03. The normalized spacial score (nSPS) is 19.4. The van der Waals surface area contributed by atoms with E-state index in [2.05, 4.69) is 36.2 Å². The molecule has 0 saturated carbocycles. The van der Waals surface area contributed by atoms with Crippen molar-refractivity contribution in [3.8, 4) is 0 Å². The molecule has 0 spiro atoms. The SMILES string of the molecule is CCC[C@H]1S/C(=N\N=C/c2cccs2)N(Cc2ccccc2C)C1=O. The highest BCUT2D eigenvalue weighted by Gasteiger charge is 2.37. The van der Waals surface area contributed by atoms with Crippen molar-refractivity contribution in [3.05, 3.63) is 57.8 Å². The van der Waals surface area contributed by atoms with Crippen molar-refractivity contribution in [2.45, 2.75) is 38.5 Å². The van der Waals surface area contributed by atoms with Crippen LogP contribution < -0.4 is 0 Å². The fourth-order valence-corrected chi connectivity index (χ4v) is 4.43. The zero-order chi connectivity index (χ0) is 17.6. The molecule has 2 aromatic rings. The maximum atomic E-state index is 12.8. The Morgan fingerprint density at radius 3 is 2.80 bits per heavy atom. The summed E-state index contributed by atoms with van der Waals surface area (Å²) < 4.78 is 0. The number of hydrogen-bond donors (Lipinski definition) is 0. The number of amidine groups is 1. The summed E-state index contributed by atoms with van der Waals surface area (Å²) in [6, 6.07) is 12.1. The average Bonchev–Trinajstić information content (AvgIpc) is 3.21. The summed E-state index contributed by atoms with van der Waals surface area (Å²) in [4.78, 5) is 15.6. The van der Waals surface area contributed by atoms with E-state index in [1.165, 1.54) is 17.3 Å². The molecular weight excluding hydrogens is 350 g/mol. The number of rotatable bonds is 6. The molecule has 6 heteroatoms. The van der Waals surface area contributed by atoms with Crippen LogP contribution in [0.5, 0.6) is 0 Å². The van der Waals surface area contributed by atoms with Gasteiger partial charge in [-0.25, -0.2) is 0 Å². The van der Waals surface area contributed by atoms with Crippen LogP contribution in [0, 0.1) is 6.92 Å². The standard InChI is InChI=1S/C19H21N3OS2/c1-3-7-17-18(23)22(13-15-9-5-4-8-14(15)2)19(25-17)21-20-12-16-10-6-11-24-16/h4-6,8-12,17H,3,7,13H2,1-2H3/b20-12-,21-19-/t17-/m1/s1. The molecule has 1 aromatic carbocycles. The highest BCUT2D eigenvalue weighted by molar-refractivity contribution is 8.15. The van der Waals surface area contributed by atoms with E-state index in [-0.39, 0.29) is 11.2 Å². The van der Waals surface area contributed by atoms with Gasteiger partial charge in [0, 0.05) is 4.88 Å². The van der Waals surface area contributed by atoms with Crippen molar-refractivity contribution < 1.29 is 4.79 Å². The number of thiophene rings is 1. The summed E-state index contributed by atoms with van der Waals surface area (Å²) in [6.45, 7) is 4.72. The summed E-state index contributed by atoms with van der Waals surface area (Å²) in [5.74, 6) is 0.139. The van der Waals surface area contributed by atoms with Crippen LogP contribution in [0.3, 0.4) is 0 Å². The summed E-state index contributed by atoms with van der Waals surface area (Å²) in [5.41, 5.74) is 2.32. The van der Waals surface area contributed by atoms with Gasteiger partial charge in [-0.05, 0) is 35.9 Å². The molecule has 1 aromatic heterocycles. The fraction of sp³-hybridized carbons (Fsp3) is 0.316. The number of benzene rings is 1. The number of nitrogens with zero attached hydrogens (tertiary/aromatic N) is 3. The summed E-state index contributed by atoms with van der Waals surface area (Å²) in [6.07, 6.45) is 3.58. The third kappa shape index (κ3) is 4.38. The molecule has 0 unspecified atom stereocenters. The van der Waals surface area contributed by atoms with Crippen LogP contribution >= 0.6 is 23.1 Å². The van der Waals surface area contributed by atoms with E-state index in [0.29, 0.717) is 11.7 Å². The molecule has 2 heterocycles. The third-order valence-corrected chi connectivity index (χ3v) is 6.07. The number of amides is 1. The molecule has 4 nitrogen and oxygen atoms in total. The molecule has 25 heavy (non-hydrogen) atoms. The molecule has 130 valence electrons. The monoisotopic (exact) mass is 371 g/mol. The minimum Gasteiger partial charge on any atom is -0.284 e. The van der Waals surface area contributed by atoms with Crippen molar-refractivity contribution in [1.29, 1.82) is 0 Å². The van der Waals surface area contributed by atoms with Gasteiger partial charge in [-0.15, -0.1) is 16.4 Å². The Hall–Kier alpha value is -1.92. The van der Waals surface area contributed by atoms with E-state index in [0.717, 1.165) is 23.3 Å². The molecule has 1 fully saturated rings. The highest BCUT2D eigenvalue weighted by Crippen LogP contribution is 2.32. The van der Waals surface area contributed by atoms with Gasteiger partial charge >= 0.3 is 0 Å². The van der Waals surface area contributed by atoms with E-state index in [4.69, 9.17) is 0 Å². The van der Waals surface area contributed by atoms with Crippen LogP contribution in [0.1, 0.15) is 35.8 Å². The first-order valence-electron chi connectivity index (χ1n) is 8.36. The largest absolute Gasteiger partial charge is 0.284 e. The lowest BCUT2D eigenvalue weighted by Crippen LogP contribution is -2.31. The van der Waals surface area contributed by atoms with Gasteiger partial charge in [0.2, 0.25) is 5.91 Å². The Bertz CT molecular complexity index is 784. The van der Waals surface area contributed by atoms with Gasteiger partial charge in [-0.1, -0.05) is 55.4 Å². The second-order valence-corrected chi connectivity index (χ2v) is 8.04. The lowest BCUT2D eigenvalue weighted by atomic mass is 10.1. The Balaban J connectivity index is 1.82. The highest BCUT2D eigenvalue weighted by atomic mass is 32.2. The van der Waals surface area contributed by atoms with E-state index in [1.54, 1.807) is 22.5 Å². The minimum absolute atomic E-state index is 0.0512. The Kier molecular flexibility index (Phi) is 6.04. The van der Waals surface area contributed by atoms with Crippen molar-refractivity contribution in [2.24, 2.45) is 10.2 Å². The van der Waals surface area contributed by atoms with Gasteiger partial charge in [-0.3, -0.25) is 9.69 Å². The predicted octanol–water partition coefficient (Wildman–Crippen LogP) is 4.69. The molecular formula is C19H21N3OS2.